The van der Waals surface area contributed by atoms with E-state index in [-0.39, 0.29) is 5.91 Å². The number of hydrogen-bond donors (Lipinski definition) is 0. The Bertz CT molecular complexity index is 458. The average Bonchev–Trinajstić information content (AvgIpc) is 2.78. The van der Waals surface area contributed by atoms with Gasteiger partial charge in [0.2, 0.25) is 0 Å². The van der Waals surface area contributed by atoms with Gasteiger partial charge in [0.15, 0.2) is 0 Å². The average molecular weight is 261 g/mol. The zero-order chi connectivity index (χ0) is 13.1. The highest BCUT2D eigenvalue weighted by atomic mass is 16.5. The summed E-state index contributed by atoms with van der Waals surface area (Å²) in [6, 6.07) is 3.70. The highest BCUT2D eigenvalue weighted by molar-refractivity contribution is 5.97. The maximum absolute atomic E-state index is 12.1. The number of carbonyl (C=O) groups excluding carboxylic acids is 1. The van der Waals surface area contributed by atoms with E-state index in [1.807, 2.05) is 17.0 Å². The molecule has 1 amide bonds. The van der Waals surface area contributed by atoms with Gasteiger partial charge in [0.05, 0.1) is 31.0 Å². The van der Waals surface area contributed by atoms with Crippen LogP contribution < -0.4 is 0 Å². The molecule has 1 saturated heterocycles. The summed E-state index contributed by atoms with van der Waals surface area (Å²) in [5, 5.41) is 0. The maximum Gasteiger partial charge on any atom is 0.256 e. The number of hydrogen-bond acceptors (Lipinski definition) is 4. The molecule has 0 unspecified atom stereocenters. The van der Waals surface area contributed by atoms with E-state index < -0.39 is 0 Å². The molecule has 1 aromatic heterocycles. The van der Waals surface area contributed by atoms with E-state index in [0.29, 0.717) is 6.54 Å². The maximum atomic E-state index is 12.1. The van der Waals surface area contributed by atoms with Gasteiger partial charge < -0.3 is 9.64 Å². The fourth-order valence-electron chi connectivity index (χ4n) is 2.67. The second-order valence-corrected chi connectivity index (χ2v) is 5.03. The molecular formula is C14H19N3O2. The number of ether oxygens (including phenoxy) is 1. The van der Waals surface area contributed by atoms with Crippen molar-refractivity contribution in [2.45, 2.75) is 13.0 Å². The molecule has 1 aromatic rings. The van der Waals surface area contributed by atoms with Crippen molar-refractivity contribution in [3.8, 4) is 0 Å². The molecule has 0 aromatic carbocycles. The van der Waals surface area contributed by atoms with E-state index >= 15 is 0 Å². The van der Waals surface area contributed by atoms with Crippen LogP contribution in [0.1, 0.15) is 22.5 Å². The summed E-state index contributed by atoms with van der Waals surface area (Å²) in [5.74, 6) is 0.130. The molecule has 5 heteroatoms. The van der Waals surface area contributed by atoms with Crippen molar-refractivity contribution in [1.82, 2.24) is 14.8 Å². The molecular weight excluding hydrogens is 242 g/mol. The molecule has 0 saturated carbocycles. The summed E-state index contributed by atoms with van der Waals surface area (Å²) >= 11 is 0. The van der Waals surface area contributed by atoms with Crippen molar-refractivity contribution in [2.24, 2.45) is 0 Å². The predicted octanol–water partition coefficient (Wildman–Crippen LogP) is 0.760. The van der Waals surface area contributed by atoms with Crippen LogP contribution in [0.3, 0.4) is 0 Å². The van der Waals surface area contributed by atoms with Crippen molar-refractivity contribution in [2.75, 3.05) is 39.4 Å². The minimum atomic E-state index is 0.130. The van der Waals surface area contributed by atoms with Crippen molar-refractivity contribution >= 4 is 5.91 Å². The third kappa shape index (κ3) is 2.77. The van der Waals surface area contributed by atoms with Crippen LogP contribution in [0, 0.1) is 0 Å². The first-order valence-electron chi connectivity index (χ1n) is 6.88. The summed E-state index contributed by atoms with van der Waals surface area (Å²) in [6.07, 6.45) is 2.77. The third-order valence-electron chi connectivity index (χ3n) is 3.75. The normalized spacial score (nSPS) is 19.8. The molecule has 0 radical (unpaired) electrons. The molecule has 0 N–H and O–H groups in total. The number of amides is 1. The second-order valence-electron chi connectivity index (χ2n) is 5.03. The molecule has 3 rings (SSSR count). The van der Waals surface area contributed by atoms with Crippen molar-refractivity contribution < 1.29 is 9.53 Å². The van der Waals surface area contributed by atoms with Gasteiger partial charge in [-0.05, 0) is 18.6 Å². The van der Waals surface area contributed by atoms with Gasteiger partial charge in [0.25, 0.3) is 5.91 Å². The van der Waals surface area contributed by atoms with Gasteiger partial charge in [-0.1, -0.05) is 0 Å². The van der Waals surface area contributed by atoms with E-state index in [1.165, 1.54) is 0 Å². The van der Waals surface area contributed by atoms with Crippen molar-refractivity contribution in [1.29, 1.82) is 0 Å². The Labute approximate surface area is 113 Å². The van der Waals surface area contributed by atoms with E-state index in [2.05, 4.69) is 9.88 Å². The van der Waals surface area contributed by atoms with Gasteiger partial charge in [0.1, 0.15) is 0 Å². The molecule has 0 spiro atoms. The Kier molecular flexibility index (Phi) is 3.75. The monoisotopic (exact) mass is 261 g/mol. The molecule has 1 fully saturated rings. The zero-order valence-electron chi connectivity index (χ0n) is 11.0. The molecule has 2 aliphatic rings. The Morgan fingerprint density at radius 3 is 2.89 bits per heavy atom. The molecule has 3 heterocycles. The molecule has 0 atom stereocenters. The molecule has 0 bridgehead atoms. The van der Waals surface area contributed by atoms with Crippen LogP contribution >= 0.6 is 0 Å². The first kappa shape index (κ1) is 12.6. The molecule has 19 heavy (non-hydrogen) atoms. The molecule has 0 aliphatic carbocycles. The van der Waals surface area contributed by atoms with E-state index in [9.17, 15) is 4.79 Å². The standard InChI is InChI=1S/C14H19N3O2/c18-14-12-3-1-4-15-13(12)11-17(14)6-2-5-16-7-9-19-10-8-16/h1,3-4H,2,5-11H2. The number of carbonyl (C=O) groups is 1. The van der Waals surface area contributed by atoms with Crippen LogP contribution in [-0.4, -0.2) is 60.1 Å². The highest BCUT2D eigenvalue weighted by Gasteiger charge is 2.27. The highest BCUT2D eigenvalue weighted by Crippen LogP contribution is 2.20. The van der Waals surface area contributed by atoms with Crippen LogP contribution in [0.15, 0.2) is 18.3 Å². The molecule has 2 aliphatic heterocycles. The third-order valence-corrected chi connectivity index (χ3v) is 3.75. The predicted molar refractivity (Wildman–Crippen MR) is 70.9 cm³/mol. The largest absolute Gasteiger partial charge is 0.379 e. The lowest BCUT2D eigenvalue weighted by molar-refractivity contribution is 0.0358. The summed E-state index contributed by atoms with van der Waals surface area (Å²) < 4.78 is 5.32. The Hall–Kier alpha value is -1.46. The topological polar surface area (TPSA) is 45.7 Å². The van der Waals surface area contributed by atoms with Crippen molar-refractivity contribution in [3.63, 3.8) is 0 Å². The summed E-state index contributed by atoms with van der Waals surface area (Å²) in [5.41, 5.74) is 1.69. The minimum absolute atomic E-state index is 0.130. The number of fused-ring (bicyclic) bond motifs is 1. The van der Waals surface area contributed by atoms with Crippen LogP contribution in [0.2, 0.25) is 0 Å². The number of rotatable bonds is 4. The second kappa shape index (κ2) is 5.67. The van der Waals surface area contributed by atoms with Gasteiger partial charge in [-0.25, -0.2) is 0 Å². The molecule has 5 nitrogen and oxygen atoms in total. The Morgan fingerprint density at radius 2 is 2.11 bits per heavy atom. The lowest BCUT2D eigenvalue weighted by Gasteiger charge is -2.27. The van der Waals surface area contributed by atoms with Crippen LogP contribution in [0.4, 0.5) is 0 Å². The summed E-state index contributed by atoms with van der Waals surface area (Å²) in [4.78, 5) is 20.7. The van der Waals surface area contributed by atoms with Gasteiger partial charge >= 0.3 is 0 Å². The Morgan fingerprint density at radius 1 is 1.26 bits per heavy atom. The van der Waals surface area contributed by atoms with E-state index in [0.717, 1.165) is 57.1 Å². The number of morpholine rings is 1. The van der Waals surface area contributed by atoms with Crippen LogP contribution in [0.25, 0.3) is 0 Å². The molecule has 102 valence electrons. The Balaban J connectivity index is 1.48. The summed E-state index contributed by atoms with van der Waals surface area (Å²) in [6.45, 7) is 6.20. The smallest absolute Gasteiger partial charge is 0.256 e. The van der Waals surface area contributed by atoms with Gasteiger partial charge in [0, 0.05) is 32.4 Å². The minimum Gasteiger partial charge on any atom is -0.379 e. The van der Waals surface area contributed by atoms with Crippen LogP contribution in [0.5, 0.6) is 0 Å². The fourth-order valence-corrected chi connectivity index (χ4v) is 2.67. The number of pyridine rings is 1. The van der Waals surface area contributed by atoms with Crippen LogP contribution in [-0.2, 0) is 11.3 Å². The van der Waals surface area contributed by atoms with Gasteiger partial charge in [-0.15, -0.1) is 0 Å². The first-order chi connectivity index (χ1) is 9.34. The van der Waals surface area contributed by atoms with Crippen molar-refractivity contribution in [3.05, 3.63) is 29.6 Å². The van der Waals surface area contributed by atoms with Gasteiger partial charge in [-0.3, -0.25) is 14.7 Å². The number of aromatic nitrogens is 1. The number of nitrogens with zero attached hydrogens (tertiary/aromatic N) is 3. The van der Waals surface area contributed by atoms with E-state index in [4.69, 9.17) is 4.74 Å². The quantitative estimate of drug-likeness (QED) is 0.803. The van der Waals surface area contributed by atoms with Gasteiger partial charge in [-0.2, -0.15) is 0 Å². The summed E-state index contributed by atoms with van der Waals surface area (Å²) in [7, 11) is 0. The lowest BCUT2D eigenvalue weighted by atomic mass is 10.2. The zero-order valence-corrected chi connectivity index (χ0v) is 11.0. The first-order valence-corrected chi connectivity index (χ1v) is 6.88. The van der Waals surface area contributed by atoms with E-state index in [1.54, 1.807) is 6.20 Å². The lowest BCUT2D eigenvalue weighted by Crippen LogP contribution is -2.38. The SMILES string of the molecule is O=C1c2cccnc2CN1CCCN1CCOCC1. The fraction of sp³-hybridized carbons (Fsp3) is 0.571.